The first-order valence-electron chi connectivity index (χ1n) is 30.9. The van der Waals surface area contributed by atoms with E-state index in [0.29, 0.717) is 22.1 Å². The average molecular weight is 1790 g/mol. The minimum absolute atomic E-state index is 0. The van der Waals surface area contributed by atoms with E-state index in [-0.39, 0.29) is 167 Å². The molecule has 1 aromatic heterocycles. The van der Waals surface area contributed by atoms with Crippen LogP contribution in [0.3, 0.4) is 0 Å². The molecule has 6 aliphatic heterocycles. The fourth-order valence-electron chi connectivity index (χ4n) is 10.5. The van der Waals surface area contributed by atoms with Gasteiger partial charge in [0.2, 0.25) is 0 Å². The molecule has 7 heterocycles. The second-order valence-corrected chi connectivity index (χ2v) is 23.1. The summed E-state index contributed by atoms with van der Waals surface area (Å²) in [5.41, 5.74) is 8.77. The second-order valence-electron chi connectivity index (χ2n) is 22.1. The number of aliphatic hydroxyl groups excluding tert-OH is 6. The third-order valence-electron chi connectivity index (χ3n) is 15.5. The van der Waals surface area contributed by atoms with Crippen LogP contribution in [0.1, 0.15) is 52.9 Å². The molecule has 513 valence electrons. The van der Waals surface area contributed by atoms with Gasteiger partial charge in [-0.25, -0.2) is 0 Å². The molecule has 0 saturated carbocycles. The van der Waals surface area contributed by atoms with Crippen molar-refractivity contribution in [1.29, 1.82) is 0 Å². The number of hydrogen-bond acceptors (Lipinski definition) is 7. The van der Waals surface area contributed by atoms with Gasteiger partial charge in [-0.15, -0.1) is 45.5 Å². The molecule has 9 aromatic carbocycles. The molecule has 12 nitrogen and oxygen atoms in total. The molecule has 0 spiro atoms. The van der Waals surface area contributed by atoms with Crippen LogP contribution >= 0.6 is 11.3 Å². The number of hydrogen-bond donors (Lipinski definition) is 6. The molecule has 10 aromatic rings. The Morgan fingerprint density at radius 3 is 1.07 bits per heavy atom. The van der Waals surface area contributed by atoms with Gasteiger partial charge in [-0.1, -0.05) is 256 Å². The summed E-state index contributed by atoms with van der Waals surface area (Å²) < 4.78 is 35.5. The van der Waals surface area contributed by atoms with Crippen molar-refractivity contribution < 1.29 is 192 Å². The van der Waals surface area contributed by atoms with E-state index >= 15 is 0 Å². The van der Waals surface area contributed by atoms with Crippen LogP contribution in [0.25, 0.3) is 101 Å². The van der Waals surface area contributed by atoms with E-state index in [0.717, 1.165) is 109 Å². The summed E-state index contributed by atoms with van der Waals surface area (Å²) in [5, 5.41) is 97.3. The zero-order valence-corrected chi connectivity index (χ0v) is 61.5. The molecule has 0 saturated heterocycles. The third-order valence-corrected chi connectivity index (χ3v) is 16.4. The molecule has 3 radical (unpaired) electrons. The first-order chi connectivity index (χ1) is 47.7. The van der Waals surface area contributed by atoms with E-state index in [9.17, 15) is 38.7 Å². The Bertz CT molecular complexity index is 4820. The molecule has 0 bridgehead atoms. The number of benzene rings is 9. The van der Waals surface area contributed by atoms with Gasteiger partial charge in [0, 0.05) is 16.0 Å². The predicted octanol–water partition coefficient (Wildman–Crippen LogP) is 19.3. The van der Waals surface area contributed by atoms with Crippen LogP contribution in [0.5, 0.6) is 0 Å². The minimum atomic E-state index is -4.81. The van der Waals surface area contributed by atoms with Crippen LogP contribution in [0.4, 0.5) is 47.3 Å². The molecular weight excluding hydrogens is 1720 g/mol. The summed E-state index contributed by atoms with van der Waals surface area (Å²) >= 11 is 1.11. The second kappa shape index (κ2) is 40.7. The van der Waals surface area contributed by atoms with Crippen LogP contribution in [0.15, 0.2) is 297 Å². The maximum Gasteiger partial charge on any atom is 2.00 e. The van der Waals surface area contributed by atoms with Crippen molar-refractivity contribution in [3.05, 3.63) is 387 Å². The molecule has 0 amide bonds. The minimum Gasteiger partial charge on any atom is -0.665 e. The fraction of sp³-hybridized carbons (Fsp3) is 0.0602. The van der Waals surface area contributed by atoms with Crippen molar-refractivity contribution in [3.63, 3.8) is 0 Å². The van der Waals surface area contributed by atoms with Gasteiger partial charge in [-0.2, -0.15) is 50.4 Å². The predicted molar refractivity (Wildman–Crippen MR) is 402 cm³/mol. The molecule has 6 aliphatic rings. The van der Waals surface area contributed by atoms with Crippen LogP contribution in [-0.4, -0.2) is 36.8 Å². The third kappa shape index (κ3) is 22.4. The Balaban J connectivity index is 0.000000173. The number of allylic oxidation sites excluding steroid dienone is 7. The molecule has 3 unspecified atom stereocenters. The van der Waals surface area contributed by atoms with Gasteiger partial charge < -0.3 is 62.5 Å². The number of nitrogens with zero attached hydrogens (tertiary/aromatic N) is 6. The largest absolute Gasteiger partial charge is 2.00 e. The quantitative estimate of drug-likeness (QED) is 0.0816. The summed E-state index contributed by atoms with van der Waals surface area (Å²) in [6, 6.07) is 61.5. The van der Waals surface area contributed by atoms with E-state index in [4.69, 9.17) is 5.11 Å². The first-order valence-corrected chi connectivity index (χ1v) is 31.8. The maximum absolute atomic E-state index is 11.8. The SMILES string of the molecule is C.C1=C[N-]c2c3c(ccc2=C1)=CC=C[N-]3.C1=C[N-]c2c3c(ccc2=C1)=CC=C[N-]3.C1=C[N-]c2c3c(ccc2=C1)=CC=C[N-]3.OC(=CC(O)c1ccc2ccccc2c1)c1ccc2ccccc2c1.OC(=CC(O)c1ccccc1)c1ccccc1.OC(=CC(O)c1cccs1)C(F)(F)F.[Eu+2].[Eu+2].[Eu+2]. The number of fused-ring (bicyclic) bond motifs is 11. The van der Waals surface area contributed by atoms with Gasteiger partial charge in [0.15, 0.2) is 5.76 Å². The van der Waals surface area contributed by atoms with Crippen LogP contribution in [0, 0.1) is 148 Å². The van der Waals surface area contributed by atoms with E-state index in [1.807, 2.05) is 170 Å². The first kappa shape index (κ1) is 82.0. The van der Waals surface area contributed by atoms with Gasteiger partial charge in [-0.3, -0.25) is 0 Å². The smallest absolute Gasteiger partial charge is 0.665 e. The number of aliphatic hydroxyl groups is 6. The van der Waals surface area contributed by atoms with Crippen molar-refractivity contribution in [1.82, 2.24) is 0 Å². The molecule has 19 heteroatoms. The summed E-state index contributed by atoms with van der Waals surface area (Å²) in [7, 11) is 0. The molecule has 6 N–H and O–H groups in total. The summed E-state index contributed by atoms with van der Waals surface area (Å²) in [5.74, 6) is -1.62. The maximum atomic E-state index is 11.8. The van der Waals surface area contributed by atoms with Crippen molar-refractivity contribution in [3.8, 4) is 0 Å². The van der Waals surface area contributed by atoms with Crippen LogP contribution in [-0.2, 0) is 0 Å². The Morgan fingerprint density at radius 2 is 0.686 bits per heavy atom. The van der Waals surface area contributed by atoms with Crippen molar-refractivity contribution in [2.45, 2.75) is 31.9 Å². The topological polar surface area (TPSA) is 206 Å². The summed E-state index contributed by atoms with van der Waals surface area (Å²) in [6.07, 6.45) is 30.2. The van der Waals surface area contributed by atoms with Gasteiger partial charge >= 0.3 is 154 Å². The Kier molecular flexibility index (Phi) is 32.7. The molecule has 3 atom stereocenters. The number of thiophene rings is 1. The van der Waals surface area contributed by atoms with Crippen molar-refractivity contribution in [2.75, 3.05) is 0 Å². The van der Waals surface area contributed by atoms with E-state index in [2.05, 4.69) is 105 Å². The number of rotatable bonds is 8. The zero-order valence-electron chi connectivity index (χ0n) is 53.5. The Morgan fingerprint density at radius 1 is 0.343 bits per heavy atom. The molecule has 16 rings (SSSR count). The summed E-state index contributed by atoms with van der Waals surface area (Å²) in [4.78, 5) is 0.348. The Hall–Kier alpha value is -7.30. The van der Waals surface area contributed by atoms with Crippen LogP contribution in [0.2, 0.25) is 0 Å². The van der Waals surface area contributed by atoms with E-state index < -0.39 is 30.2 Å². The van der Waals surface area contributed by atoms with Gasteiger partial charge in [0.1, 0.15) is 29.8 Å². The standard InChI is InChI=1S/C23H18O2.C15H14O2.3C12H8N2.C8H7F3O2S.CH4.3Eu/c24-22(20-11-9-16-5-1-3-7-18(16)13-20)15-23(25)21-12-10-17-6-2-4-8-19(17)14-21;16-14(12-7-3-1-4-8-12)11-15(17)13-9-5-2-6-10-13;3*1-3-9-5-6-10-4-2-8-14-12(10)11(9)13-7-1;9-8(10,11)7(13)4-5(12)6-2-1-3-14-6;;;;/h1-15,22,24-25H;1-11,14,16-17H;3*1-8H;1-5,12-13H;1H4;;;/q;;3*-2;;;3*+2. The van der Waals surface area contributed by atoms with Gasteiger partial charge in [0.05, 0.1) is 0 Å². The molecule has 102 heavy (non-hydrogen) atoms. The van der Waals surface area contributed by atoms with E-state index in [1.54, 1.807) is 60.8 Å². The Labute approximate surface area is 716 Å². The monoisotopic (exact) mass is 1790 g/mol. The number of alkyl halides is 3. The van der Waals surface area contributed by atoms with Gasteiger partial charge in [0.25, 0.3) is 0 Å². The zero-order chi connectivity index (χ0) is 68.2. The van der Waals surface area contributed by atoms with Crippen molar-refractivity contribution >= 4 is 115 Å². The molecule has 0 fully saturated rings. The van der Waals surface area contributed by atoms with Crippen LogP contribution < -0.4 is 31.3 Å². The van der Waals surface area contributed by atoms with E-state index in [1.165, 1.54) is 18.2 Å². The molecule has 0 aliphatic carbocycles. The normalized spacial score (nSPS) is 14.0. The van der Waals surface area contributed by atoms with Gasteiger partial charge in [-0.05, 0) is 106 Å². The number of halogens is 3. The molecular formula is C83H67Eu3F3N6O6S. The van der Waals surface area contributed by atoms with Crippen molar-refractivity contribution in [2.24, 2.45) is 0 Å². The summed E-state index contributed by atoms with van der Waals surface area (Å²) in [6.45, 7) is 0. The fourth-order valence-corrected chi connectivity index (χ4v) is 11.2. The average Bonchev–Trinajstić information content (AvgIpc) is 0.930.